The van der Waals surface area contributed by atoms with Gasteiger partial charge in [-0.05, 0) is 12.1 Å². The number of anilines is 1. The molecule has 1 aromatic carbocycles. The molecule has 0 saturated heterocycles. The standard InChI is InChI=1S/C11H15F2N3O2/c1-18-6-8(5-14)15-11(17)16-10-3-2-7(12)4-9(10)13/h2-4,8H,5-6,14H2,1H3,(H2,15,16,17). The lowest BCUT2D eigenvalue weighted by atomic mass is 10.3. The van der Waals surface area contributed by atoms with Crippen LogP contribution in [-0.2, 0) is 4.74 Å². The Balaban J connectivity index is 2.58. The van der Waals surface area contributed by atoms with Crippen LogP contribution in [0.15, 0.2) is 18.2 Å². The predicted octanol–water partition coefficient (Wildman–Crippen LogP) is 1.06. The second-order valence-electron chi connectivity index (χ2n) is 3.61. The van der Waals surface area contributed by atoms with Crippen LogP contribution in [-0.4, -0.2) is 32.3 Å². The summed E-state index contributed by atoms with van der Waals surface area (Å²) in [5, 5.41) is 4.76. The molecule has 0 fully saturated rings. The van der Waals surface area contributed by atoms with E-state index in [4.69, 9.17) is 10.5 Å². The number of nitrogens with one attached hydrogen (secondary N) is 2. The number of carbonyl (C=O) groups excluding carboxylic acids is 1. The Labute approximate surface area is 103 Å². The van der Waals surface area contributed by atoms with Gasteiger partial charge < -0.3 is 21.1 Å². The second-order valence-corrected chi connectivity index (χ2v) is 3.61. The highest BCUT2D eigenvalue weighted by molar-refractivity contribution is 5.89. The van der Waals surface area contributed by atoms with Crippen molar-refractivity contribution >= 4 is 11.7 Å². The molecule has 0 heterocycles. The molecule has 0 saturated carbocycles. The molecule has 0 aliphatic heterocycles. The molecular weight excluding hydrogens is 244 g/mol. The van der Waals surface area contributed by atoms with Crippen LogP contribution in [0.3, 0.4) is 0 Å². The summed E-state index contributed by atoms with van der Waals surface area (Å²) in [5.41, 5.74) is 5.29. The van der Waals surface area contributed by atoms with Crippen molar-refractivity contribution in [3.63, 3.8) is 0 Å². The maximum Gasteiger partial charge on any atom is 0.319 e. The quantitative estimate of drug-likeness (QED) is 0.740. The van der Waals surface area contributed by atoms with Crippen molar-refractivity contribution in [3.8, 4) is 0 Å². The van der Waals surface area contributed by atoms with Crippen LogP contribution in [0, 0.1) is 11.6 Å². The van der Waals surface area contributed by atoms with Crippen LogP contribution in [0.4, 0.5) is 19.3 Å². The number of methoxy groups -OCH3 is 1. The Kier molecular flexibility index (Phi) is 5.47. The zero-order valence-electron chi connectivity index (χ0n) is 9.87. The summed E-state index contributed by atoms with van der Waals surface area (Å²) < 4.78 is 30.7. The largest absolute Gasteiger partial charge is 0.383 e. The molecule has 1 unspecified atom stereocenters. The zero-order chi connectivity index (χ0) is 13.5. The highest BCUT2D eigenvalue weighted by Gasteiger charge is 2.12. The molecule has 2 amide bonds. The van der Waals surface area contributed by atoms with Crippen molar-refractivity contribution in [2.24, 2.45) is 5.73 Å². The average molecular weight is 259 g/mol. The first kappa shape index (κ1) is 14.3. The summed E-state index contributed by atoms with van der Waals surface area (Å²) >= 11 is 0. The molecule has 4 N–H and O–H groups in total. The summed E-state index contributed by atoms with van der Waals surface area (Å²) in [4.78, 5) is 11.5. The number of nitrogens with two attached hydrogens (primary N) is 1. The third kappa shape index (κ3) is 4.27. The van der Waals surface area contributed by atoms with Gasteiger partial charge in [-0.3, -0.25) is 0 Å². The highest BCUT2D eigenvalue weighted by Crippen LogP contribution is 2.14. The number of amides is 2. The minimum absolute atomic E-state index is 0.109. The van der Waals surface area contributed by atoms with Crippen LogP contribution >= 0.6 is 0 Å². The number of halogens is 2. The van der Waals surface area contributed by atoms with E-state index >= 15 is 0 Å². The molecular formula is C11H15F2N3O2. The Morgan fingerprint density at radius 2 is 2.22 bits per heavy atom. The van der Waals surface area contributed by atoms with Gasteiger partial charge in [-0.2, -0.15) is 0 Å². The van der Waals surface area contributed by atoms with Gasteiger partial charge in [0.1, 0.15) is 11.6 Å². The maximum atomic E-state index is 13.2. The topological polar surface area (TPSA) is 76.4 Å². The molecule has 7 heteroatoms. The third-order valence-electron chi connectivity index (χ3n) is 2.17. The van der Waals surface area contributed by atoms with Gasteiger partial charge in [0.05, 0.1) is 18.3 Å². The van der Waals surface area contributed by atoms with Gasteiger partial charge in [0.2, 0.25) is 0 Å². The van der Waals surface area contributed by atoms with E-state index < -0.39 is 17.7 Å². The van der Waals surface area contributed by atoms with Crippen LogP contribution in [0.2, 0.25) is 0 Å². The average Bonchev–Trinajstić information content (AvgIpc) is 2.32. The van der Waals surface area contributed by atoms with Crippen molar-refractivity contribution in [1.82, 2.24) is 5.32 Å². The smallest absolute Gasteiger partial charge is 0.319 e. The molecule has 1 rings (SSSR count). The SMILES string of the molecule is COCC(CN)NC(=O)Nc1ccc(F)cc1F. The summed E-state index contributed by atoms with van der Waals surface area (Å²) in [7, 11) is 1.47. The molecule has 0 spiro atoms. The predicted molar refractivity (Wildman–Crippen MR) is 63.2 cm³/mol. The lowest BCUT2D eigenvalue weighted by Crippen LogP contribution is -2.45. The lowest BCUT2D eigenvalue weighted by Gasteiger charge is -2.16. The van der Waals surface area contributed by atoms with E-state index in [0.29, 0.717) is 6.07 Å². The molecule has 1 aromatic rings. The number of benzene rings is 1. The molecule has 100 valence electrons. The normalized spacial score (nSPS) is 12.0. The van der Waals surface area contributed by atoms with E-state index in [1.807, 2.05) is 0 Å². The van der Waals surface area contributed by atoms with E-state index in [-0.39, 0.29) is 24.9 Å². The van der Waals surface area contributed by atoms with E-state index in [2.05, 4.69) is 10.6 Å². The lowest BCUT2D eigenvalue weighted by molar-refractivity contribution is 0.169. The molecule has 0 aromatic heterocycles. The van der Waals surface area contributed by atoms with Crippen molar-refractivity contribution < 1.29 is 18.3 Å². The molecule has 0 aliphatic carbocycles. The fourth-order valence-electron chi connectivity index (χ4n) is 1.30. The zero-order valence-corrected chi connectivity index (χ0v) is 9.87. The molecule has 1 atom stereocenters. The Bertz CT molecular complexity index is 415. The van der Waals surface area contributed by atoms with Gasteiger partial charge in [-0.1, -0.05) is 0 Å². The number of ether oxygens (including phenoxy) is 1. The summed E-state index contributed by atoms with van der Waals surface area (Å²) in [6.45, 7) is 0.434. The van der Waals surface area contributed by atoms with Gasteiger partial charge in [-0.15, -0.1) is 0 Å². The van der Waals surface area contributed by atoms with Crippen LogP contribution in [0.25, 0.3) is 0 Å². The van der Waals surface area contributed by atoms with Gasteiger partial charge in [0, 0.05) is 19.7 Å². The first-order valence-corrected chi connectivity index (χ1v) is 5.28. The maximum absolute atomic E-state index is 13.2. The summed E-state index contributed by atoms with van der Waals surface area (Å²) in [6, 6.07) is 1.86. The van der Waals surface area contributed by atoms with Gasteiger partial charge in [-0.25, -0.2) is 13.6 Å². The van der Waals surface area contributed by atoms with Crippen LogP contribution < -0.4 is 16.4 Å². The van der Waals surface area contributed by atoms with Gasteiger partial charge in [0.25, 0.3) is 0 Å². The van der Waals surface area contributed by atoms with E-state index in [0.717, 1.165) is 12.1 Å². The Morgan fingerprint density at radius 1 is 1.50 bits per heavy atom. The van der Waals surface area contributed by atoms with E-state index in [9.17, 15) is 13.6 Å². The molecule has 18 heavy (non-hydrogen) atoms. The van der Waals surface area contributed by atoms with Crippen molar-refractivity contribution in [3.05, 3.63) is 29.8 Å². The number of urea groups is 1. The highest BCUT2D eigenvalue weighted by atomic mass is 19.1. The Morgan fingerprint density at radius 3 is 2.78 bits per heavy atom. The minimum Gasteiger partial charge on any atom is -0.383 e. The third-order valence-corrected chi connectivity index (χ3v) is 2.17. The minimum atomic E-state index is -0.846. The van der Waals surface area contributed by atoms with Crippen molar-refractivity contribution in [2.75, 3.05) is 25.6 Å². The second kappa shape index (κ2) is 6.87. The van der Waals surface area contributed by atoms with Crippen LogP contribution in [0.1, 0.15) is 0 Å². The molecule has 0 radical (unpaired) electrons. The number of hydrogen-bond donors (Lipinski definition) is 3. The van der Waals surface area contributed by atoms with Gasteiger partial charge >= 0.3 is 6.03 Å². The van der Waals surface area contributed by atoms with Crippen molar-refractivity contribution in [1.29, 1.82) is 0 Å². The van der Waals surface area contributed by atoms with Crippen LogP contribution in [0.5, 0.6) is 0 Å². The first-order valence-electron chi connectivity index (χ1n) is 5.28. The van der Waals surface area contributed by atoms with E-state index in [1.54, 1.807) is 0 Å². The number of hydrogen-bond acceptors (Lipinski definition) is 3. The number of carbonyl (C=O) groups is 1. The van der Waals surface area contributed by atoms with Gasteiger partial charge in [0.15, 0.2) is 0 Å². The molecule has 0 bridgehead atoms. The monoisotopic (exact) mass is 259 g/mol. The summed E-state index contributed by atoms with van der Waals surface area (Å²) in [5.74, 6) is -1.56. The summed E-state index contributed by atoms with van der Waals surface area (Å²) in [6.07, 6.45) is 0. The molecule has 0 aliphatic rings. The van der Waals surface area contributed by atoms with Crippen molar-refractivity contribution in [2.45, 2.75) is 6.04 Å². The number of rotatable bonds is 5. The fraction of sp³-hybridized carbons (Fsp3) is 0.364. The fourth-order valence-corrected chi connectivity index (χ4v) is 1.30. The Hall–Kier alpha value is -1.73. The molecule has 5 nitrogen and oxygen atoms in total. The van der Waals surface area contributed by atoms with E-state index in [1.165, 1.54) is 7.11 Å². The first-order chi connectivity index (χ1) is 8.56.